The molecule has 0 radical (unpaired) electrons. The van der Waals surface area contributed by atoms with Gasteiger partial charge in [0.05, 0.1) is 0 Å². The van der Waals surface area contributed by atoms with Crippen molar-refractivity contribution in [3.05, 3.63) is 72.9 Å². The van der Waals surface area contributed by atoms with Crippen molar-refractivity contribution in [2.75, 3.05) is 13.2 Å². The summed E-state index contributed by atoms with van der Waals surface area (Å²) in [6.07, 6.45) is 86.5. The third kappa shape index (κ3) is 63.7. The van der Waals surface area contributed by atoms with Gasteiger partial charge in [-0.15, -0.1) is 0 Å². The van der Waals surface area contributed by atoms with E-state index in [1.54, 1.807) is 0 Å². The van der Waals surface area contributed by atoms with Gasteiger partial charge in [0.1, 0.15) is 13.2 Å². The van der Waals surface area contributed by atoms with Crippen LogP contribution in [0.2, 0.25) is 0 Å². The van der Waals surface area contributed by atoms with Crippen LogP contribution >= 0.6 is 0 Å². The molecule has 0 aromatic carbocycles. The molecule has 6 nitrogen and oxygen atoms in total. The van der Waals surface area contributed by atoms with Crippen LogP contribution in [-0.4, -0.2) is 37.2 Å². The molecule has 0 bridgehead atoms. The van der Waals surface area contributed by atoms with E-state index >= 15 is 0 Å². The Morgan fingerprint density at radius 3 is 0.782 bits per heavy atom. The Bertz CT molecular complexity index is 1440. The van der Waals surface area contributed by atoms with Crippen molar-refractivity contribution in [3.63, 3.8) is 0 Å². The maximum atomic E-state index is 12.9. The van der Waals surface area contributed by atoms with Crippen LogP contribution in [0.4, 0.5) is 0 Å². The first kappa shape index (κ1) is 74.8. The Balaban J connectivity index is 4.24. The van der Waals surface area contributed by atoms with Crippen LogP contribution in [-0.2, 0) is 28.6 Å². The second-order valence-electron chi connectivity index (χ2n) is 22.7. The summed E-state index contributed by atoms with van der Waals surface area (Å²) in [5.74, 6) is -0.916. The fraction of sp³-hybridized carbons (Fsp3) is 0.792. The van der Waals surface area contributed by atoms with Gasteiger partial charge in [-0.3, -0.25) is 14.4 Å². The third-order valence-corrected chi connectivity index (χ3v) is 15.0. The van der Waals surface area contributed by atoms with Crippen LogP contribution in [0.5, 0.6) is 0 Å². The maximum absolute atomic E-state index is 12.9. The molecule has 0 aliphatic carbocycles. The van der Waals surface area contributed by atoms with Crippen molar-refractivity contribution in [2.45, 2.75) is 354 Å². The van der Waals surface area contributed by atoms with Gasteiger partial charge >= 0.3 is 17.9 Å². The minimum atomic E-state index is -0.797. The number of unbranched alkanes of at least 4 members (excludes halogenated alkanes) is 39. The number of allylic oxidation sites excluding steroid dienone is 12. The summed E-state index contributed by atoms with van der Waals surface area (Å²) in [5, 5.41) is 0. The van der Waals surface area contributed by atoms with Crippen molar-refractivity contribution in [1.82, 2.24) is 0 Å². The number of ether oxygens (including phenoxy) is 3. The molecule has 1 unspecified atom stereocenters. The van der Waals surface area contributed by atoms with E-state index in [2.05, 4.69) is 93.7 Å². The molecule has 0 aromatic heterocycles. The molecule has 6 heteroatoms. The molecule has 0 heterocycles. The molecule has 0 aliphatic rings. The number of carbonyl (C=O) groups is 3. The minimum absolute atomic E-state index is 0.0889. The highest BCUT2D eigenvalue weighted by Gasteiger charge is 2.19. The van der Waals surface area contributed by atoms with Gasteiger partial charge < -0.3 is 14.2 Å². The summed E-state index contributed by atoms with van der Waals surface area (Å²) in [6.45, 7) is 6.53. The summed E-state index contributed by atoms with van der Waals surface area (Å²) in [4.78, 5) is 38.3. The standard InChI is InChI=1S/C72H128O6/c1-4-7-10-13-16-19-22-24-26-28-30-32-33-34-35-36-37-38-40-41-43-45-47-50-53-56-59-62-65-71(74)77-68-69(67-76-70(73)64-61-58-55-52-49-21-18-15-12-9-6-3)78-72(75)66-63-60-57-54-51-48-46-44-42-39-31-29-27-25-23-20-17-14-11-8-5-2/h8,11,17,20,25,27,31,39,44,46,51,54,69H,4-7,9-10,12-16,18-19,21-24,26,28-30,32-38,40-43,45,47-50,52-53,55-68H2,1-3H3/b11-8-,20-17-,27-25-,39-31-,46-44-,54-51-. The molecule has 0 rings (SSSR count). The zero-order chi connectivity index (χ0) is 56.4. The Labute approximate surface area is 484 Å². The second kappa shape index (κ2) is 66.4. The molecule has 0 aliphatic heterocycles. The number of hydrogen-bond donors (Lipinski definition) is 0. The molecule has 0 spiro atoms. The quantitative estimate of drug-likeness (QED) is 0.0261. The molecule has 0 amide bonds. The first-order valence-electron chi connectivity index (χ1n) is 33.9. The summed E-state index contributed by atoms with van der Waals surface area (Å²) < 4.78 is 16.9. The lowest BCUT2D eigenvalue weighted by molar-refractivity contribution is -0.167. The molecule has 0 saturated heterocycles. The van der Waals surface area contributed by atoms with E-state index in [1.165, 1.54) is 212 Å². The zero-order valence-electron chi connectivity index (χ0n) is 51.9. The monoisotopic (exact) mass is 1090 g/mol. The highest BCUT2D eigenvalue weighted by molar-refractivity contribution is 5.71. The van der Waals surface area contributed by atoms with E-state index in [0.29, 0.717) is 19.3 Å². The van der Waals surface area contributed by atoms with Crippen LogP contribution in [0.15, 0.2) is 72.9 Å². The van der Waals surface area contributed by atoms with Crippen LogP contribution < -0.4 is 0 Å². The predicted octanol–water partition coefficient (Wildman–Crippen LogP) is 23.3. The Kier molecular flexibility index (Phi) is 63.7. The van der Waals surface area contributed by atoms with Crippen LogP contribution in [0.1, 0.15) is 348 Å². The highest BCUT2D eigenvalue weighted by Crippen LogP contribution is 2.18. The van der Waals surface area contributed by atoms with Gasteiger partial charge in [0.25, 0.3) is 0 Å². The first-order valence-corrected chi connectivity index (χ1v) is 33.9. The van der Waals surface area contributed by atoms with Crippen LogP contribution in [0.25, 0.3) is 0 Å². The lowest BCUT2D eigenvalue weighted by Crippen LogP contribution is -2.30. The fourth-order valence-electron chi connectivity index (χ4n) is 9.92. The zero-order valence-corrected chi connectivity index (χ0v) is 51.9. The van der Waals surface area contributed by atoms with E-state index in [9.17, 15) is 14.4 Å². The first-order chi connectivity index (χ1) is 38.5. The van der Waals surface area contributed by atoms with Crippen molar-refractivity contribution in [3.8, 4) is 0 Å². The van der Waals surface area contributed by atoms with E-state index < -0.39 is 6.10 Å². The van der Waals surface area contributed by atoms with Crippen molar-refractivity contribution < 1.29 is 28.6 Å². The lowest BCUT2D eigenvalue weighted by atomic mass is 10.0. The molecule has 1 atom stereocenters. The smallest absolute Gasteiger partial charge is 0.306 e. The molecule has 78 heavy (non-hydrogen) atoms. The van der Waals surface area contributed by atoms with Crippen molar-refractivity contribution in [1.29, 1.82) is 0 Å². The third-order valence-electron chi connectivity index (χ3n) is 15.0. The van der Waals surface area contributed by atoms with Gasteiger partial charge in [-0.25, -0.2) is 0 Å². The Morgan fingerprint density at radius 2 is 0.500 bits per heavy atom. The Hall–Kier alpha value is -3.15. The lowest BCUT2D eigenvalue weighted by Gasteiger charge is -2.18. The second-order valence-corrected chi connectivity index (χ2v) is 22.7. The minimum Gasteiger partial charge on any atom is -0.462 e. The Morgan fingerprint density at radius 1 is 0.269 bits per heavy atom. The predicted molar refractivity (Wildman–Crippen MR) is 339 cm³/mol. The summed E-state index contributed by atoms with van der Waals surface area (Å²) in [7, 11) is 0. The van der Waals surface area contributed by atoms with Gasteiger partial charge in [-0.1, -0.05) is 331 Å². The summed E-state index contributed by atoms with van der Waals surface area (Å²) in [5.41, 5.74) is 0. The van der Waals surface area contributed by atoms with E-state index in [-0.39, 0.29) is 37.5 Å². The summed E-state index contributed by atoms with van der Waals surface area (Å²) in [6, 6.07) is 0. The summed E-state index contributed by atoms with van der Waals surface area (Å²) >= 11 is 0. The van der Waals surface area contributed by atoms with Gasteiger partial charge in [0.2, 0.25) is 0 Å². The number of rotatable bonds is 62. The number of carbonyl (C=O) groups excluding carboxylic acids is 3. The number of esters is 3. The molecule has 0 fully saturated rings. The van der Waals surface area contributed by atoms with Crippen LogP contribution in [0.3, 0.4) is 0 Å². The molecular weight excluding hydrogens is 961 g/mol. The van der Waals surface area contributed by atoms with Crippen molar-refractivity contribution in [2.24, 2.45) is 0 Å². The molecule has 0 N–H and O–H groups in total. The molecular formula is C72H128O6. The van der Waals surface area contributed by atoms with Gasteiger partial charge in [0, 0.05) is 19.3 Å². The number of hydrogen-bond acceptors (Lipinski definition) is 6. The van der Waals surface area contributed by atoms with Gasteiger partial charge in [-0.05, 0) is 70.6 Å². The largest absolute Gasteiger partial charge is 0.462 e. The van der Waals surface area contributed by atoms with Crippen molar-refractivity contribution >= 4 is 17.9 Å². The van der Waals surface area contributed by atoms with Gasteiger partial charge in [0.15, 0.2) is 6.10 Å². The normalized spacial score (nSPS) is 12.5. The highest BCUT2D eigenvalue weighted by atomic mass is 16.6. The average molecular weight is 1090 g/mol. The molecule has 452 valence electrons. The molecule has 0 saturated carbocycles. The van der Waals surface area contributed by atoms with Crippen LogP contribution in [0, 0.1) is 0 Å². The fourth-order valence-corrected chi connectivity index (χ4v) is 9.92. The average Bonchev–Trinajstić information content (AvgIpc) is 3.44. The van der Waals surface area contributed by atoms with E-state index in [1.807, 2.05) is 0 Å². The maximum Gasteiger partial charge on any atom is 0.306 e. The van der Waals surface area contributed by atoms with E-state index in [0.717, 1.165) is 89.9 Å². The van der Waals surface area contributed by atoms with Gasteiger partial charge in [-0.2, -0.15) is 0 Å². The molecule has 0 aromatic rings. The topological polar surface area (TPSA) is 78.9 Å². The van der Waals surface area contributed by atoms with E-state index in [4.69, 9.17) is 14.2 Å². The SMILES string of the molecule is CC/C=C\C/C=C\C/C=C\C/C=C\C/C=C\C/C=C\CCCCC(=O)OC(COC(=O)CCCCCCCCCCCCC)COC(=O)CCCCCCCCCCCCCCCCCCCCCCCCCCCCCC.